The van der Waals surface area contributed by atoms with E-state index in [1.165, 1.54) is 42.4 Å². The highest BCUT2D eigenvalue weighted by Gasteiger charge is 2.36. The summed E-state index contributed by atoms with van der Waals surface area (Å²) in [5, 5.41) is 8.72. The lowest BCUT2D eigenvalue weighted by molar-refractivity contribution is -0.137. The summed E-state index contributed by atoms with van der Waals surface area (Å²) in [5.74, 6) is 0.415. The van der Waals surface area contributed by atoms with Crippen LogP contribution in [0.3, 0.4) is 0 Å². The van der Waals surface area contributed by atoms with E-state index in [1.54, 1.807) is 0 Å². The fourth-order valence-electron chi connectivity index (χ4n) is 4.26. The van der Waals surface area contributed by atoms with E-state index in [9.17, 15) is 4.79 Å². The molecule has 0 saturated heterocycles. The van der Waals surface area contributed by atoms with Gasteiger partial charge in [-0.2, -0.15) is 0 Å². The van der Waals surface area contributed by atoms with Gasteiger partial charge in [-0.3, -0.25) is 4.79 Å². The number of aliphatic carboxylic acids is 1. The molecular formula is C29H34O2S. The van der Waals surface area contributed by atoms with E-state index in [0.29, 0.717) is 6.42 Å². The Hall–Kier alpha value is -2.52. The molecule has 3 heteroatoms. The van der Waals surface area contributed by atoms with Crippen molar-refractivity contribution < 1.29 is 9.90 Å². The van der Waals surface area contributed by atoms with E-state index in [1.807, 2.05) is 11.8 Å². The standard InChI is InChI=1S/C29H34O2S/c30-28(31)23-15-4-2-1-3-5-16-24-32-29(25-17-9-6-10-18-25,26-19-11-7-12-20-26)27-21-13-8-14-22-27/h6-14,17-22H,1-5,15-16,23-24H2,(H,30,31). The number of hydrogen-bond donors (Lipinski definition) is 1. The third-order valence-electron chi connectivity index (χ3n) is 5.89. The molecule has 0 unspecified atom stereocenters. The molecule has 0 amide bonds. The van der Waals surface area contributed by atoms with Crippen molar-refractivity contribution >= 4 is 17.7 Å². The Balaban J connectivity index is 1.66. The molecule has 0 aromatic heterocycles. The lowest BCUT2D eigenvalue weighted by Gasteiger charge is -2.35. The maximum atomic E-state index is 10.6. The Morgan fingerprint density at radius 2 is 0.969 bits per heavy atom. The second kappa shape index (κ2) is 13.1. The van der Waals surface area contributed by atoms with Crippen LogP contribution >= 0.6 is 11.8 Å². The number of carboxylic acid groups (broad SMARTS) is 1. The van der Waals surface area contributed by atoms with Crippen molar-refractivity contribution in [1.29, 1.82) is 0 Å². The van der Waals surface area contributed by atoms with Gasteiger partial charge in [0.25, 0.3) is 0 Å². The largest absolute Gasteiger partial charge is 0.481 e. The Kier molecular flexibility index (Phi) is 9.90. The zero-order valence-electron chi connectivity index (χ0n) is 18.8. The Morgan fingerprint density at radius 1 is 0.594 bits per heavy atom. The van der Waals surface area contributed by atoms with Crippen molar-refractivity contribution in [3.05, 3.63) is 108 Å². The highest BCUT2D eigenvalue weighted by molar-refractivity contribution is 8.00. The van der Waals surface area contributed by atoms with E-state index in [4.69, 9.17) is 5.11 Å². The summed E-state index contributed by atoms with van der Waals surface area (Å²) >= 11 is 2.04. The van der Waals surface area contributed by atoms with Crippen molar-refractivity contribution in [2.45, 2.75) is 56.1 Å². The number of carbonyl (C=O) groups is 1. The van der Waals surface area contributed by atoms with E-state index < -0.39 is 5.97 Å². The molecule has 0 aliphatic rings. The van der Waals surface area contributed by atoms with Gasteiger partial charge in [-0.1, -0.05) is 123 Å². The van der Waals surface area contributed by atoms with Crippen molar-refractivity contribution in [2.24, 2.45) is 0 Å². The van der Waals surface area contributed by atoms with Gasteiger partial charge in [-0.15, -0.1) is 11.8 Å². The highest BCUT2D eigenvalue weighted by Crippen LogP contribution is 2.48. The van der Waals surface area contributed by atoms with Crippen molar-refractivity contribution in [3.8, 4) is 0 Å². The molecule has 1 N–H and O–H groups in total. The van der Waals surface area contributed by atoms with Crippen LogP contribution in [0.2, 0.25) is 0 Å². The molecule has 0 heterocycles. The smallest absolute Gasteiger partial charge is 0.303 e. The highest BCUT2D eigenvalue weighted by atomic mass is 32.2. The minimum absolute atomic E-state index is 0.222. The molecule has 32 heavy (non-hydrogen) atoms. The second-order valence-electron chi connectivity index (χ2n) is 8.25. The van der Waals surface area contributed by atoms with E-state index in [0.717, 1.165) is 25.0 Å². The molecule has 168 valence electrons. The summed E-state index contributed by atoms with van der Waals surface area (Å²) in [5.41, 5.74) is 3.96. The van der Waals surface area contributed by atoms with Gasteiger partial charge in [-0.05, 0) is 35.3 Å². The summed E-state index contributed by atoms with van der Waals surface area (Å²) in [6.45, 7) is 0. The topological polar surface area (TPSA) is 37.3 Å². The third-order valence-corrected chi connectivity index (χ3v) is 7.53. The van der Waals surface area contributed by atoms with E-state index in [-0.39, 0.29) is 4.75 Å². The van der Waals surface area contributed by atoms with Crippen LogP contribution in [0.1, 0.15) is 68.1 Å². The number of thioether (sulfide) groups is 1. The van der Waals surface area contributed by atoms with E-state index in [2.05, 4.69) is 91.0 Å². The predicted molar refractivity (Wildman–Crippen MR) is 136 cm³/mol. The van der Waals surface area contributed by atoms with Gasteiger partial charge in [-0.25, -0.2) is 0 Å². The zero-order valence-corrected chi connectivity index (χ0v) is 19.6. The first-order chi connectivity index (χ1) is 15.7. The maximum absolute atomic E-state index is 10.6. The average molecular weight is 447 g/mol. The summed E-state index contributed by atoms with van der Waals surface area (Å²) in [7, 11) is 0. The minimum atomic E-state index is -0.680. The van der Waals surface area contributed by atoms with Crippen LogP contribution in [0.25, 0.3) is 0 Å². The van der Waals surface area contributed by atoms with Gasteiger partial charge in [0.1, 0.15) is 0 Å². The van der Waals surface area contributed by atoms with Gasteiger partial charge < -0.3 is 5.11 Å². The molecule has 0 saturated carbocycles. The van der Waals surface area contributed by atoms with Crippen molar-refractivity contribution in [3.63, 3.8) is 0 Å². The molecule has 0 radical (unpaired) electrons. The molecule has 0 atom stereocenters. The SMILES string of the molecule is O=C(O)CCCCCCCCCSC(c1ccccc1)(c1ccccc1)c1ccccc1. The molecule has 3 aromatic rings. The van der Waals surface area contributed by atoms with Gasteiger partial charge >= 0.3 is 5.97 Å². The predicted octanol–water partition coefficient (Wildman–Crippen LogP) is 7.92. The summed E-state index contributed by atoms with van der Waals surface area (Å²) < 4.78 is -0.222. The summed E-state index contributed by atoms with van der Waals surface area (Å²) in [6.07, 6.45) is 8.11. The van der Waals surface area contributed by atoms with Crippen LogP contribution in [-0.4, -0.2) is 16.8 Å². The zero-order chi connectivity index (χ0) is 22.5. The summed E-state index contributed by atoms with van der Waals surface area (Å²) in [6, 6.07) is 32.6. The molecule has 3 rings (SSSR count). The quantitative estimate of drug-likeness (QED) is 0.202. The van der Waals surface area contributed by atoms with Crippen LogP contribution in [-0.2, 0) is 9.54 Å². The van der Waals surface area contributed by atoms with E-state index >= 15 is 0 Å². The third kappa shape index (κ3) is 6.74. The summed E-state index contributed by atoms with van der Waals surface area (Å²) in [4.78, 5) is 10.6. The molecule has 0 aliphatic heterocycles. The number of carboxylic acids is 1. The van der Waals surface area contributed by atoms with Gasteiger partial charge in [0, 0.05) is 6.42 Å². The normalized spacial score (nSPS) is 11.4. The number of hydrogen-bond acceptors (Lipinski definition) is 2. The fraction of sp³-hybridized carbons (Fsp3) is 0.345. The maximum Gasteiger partial charge on any atom is 0.303 e. The molecule has 3 aromatic carbocycles. The monoisotopic (exact) mass is 446 g/mol. The number of rotatable bonds is 14. The Labute approximate surface area is 197 Å². The molecule has 0 fully saturated rings. The molecular weight excluding hydrogens is 412 g/mol. The van der Waals surface area contributed by atoms with Gasteiger partial charge in [0.2, 0.25) is 0 Å². The lowest BCUT2D eigenvalue weighted by atomic mass is 9.84. The number of benzene rings is 3. The van der Waals surface area contributed by atoms with Crippen LogP contribution in [0, 0.1) is 0 Å². The van der Waals surface area contributed by atoms with Crippen LogP contribution in [0.15, 0.2) is 91.0 Å². The second-order valence-corrected chi connectivity index (χ2v) is 9.56. The molecule has 0 spiro atoms. The first-order valence-electron chi connectivity index (χ1n) is 11.8. The van der Waals surface area contributed by atoms with Crippen molar-refractivity contribution in [1.82, 2.24) is 0 Å². The molecule has 0 bridgehead atoms. The van der Waals surface area contributed by atoms with Crippen molar-refractivity contribution in [2.75, 3.05) is 5.75 Å². The Bertz CT molecular complexity index is 813. The van der Waals surface area contributed by atoms with Gasteiger partial charge in [0.05, 0.1) is 4.75 Å². The fourth-order valence-corrected chi connectivity index (χ4v) is 5.82. The van der Waals surface area contributed by atoms with Gasteiger partial charge in [0.15, 0.2) is 0 Å². The Morgan fingerprint density at radius 3 is 1.38 bits per heavy atom. The minimum Gasteiger partial charge on any atom is -0.481 e. The van der Waals surface area contributed by atoms with Crippen LogP contribution < -0.4 is 0 Å². The first kappa shape index (κ1) is 24.1. The lowest BCUT2D eigenvalue weighted by Crippen LogP contribution is -2.26. The molecule has 2 nitrogen and oxygen atoms in total. The number of unbranched alkanes of at least 4 members (excludes halogenated alkanes) is 6. The first-order valence-corrected chi connectivity index (χ1v) is 12.7. The van der Waals surface area contributed by atoms with Crippen LogP contribution in [0.4, 0.5) is 0 Å². The molecule has 0 aliphatic carbocycles. The van der Waals surface area contributed by atoms with Crippen LogP contribution in [0.5, 0.6) is 0 Å². The average Bonchev–Trinajstić information content (AvgIpc) is 2.84.